The maximum absolute atomic E-state index is 14.1. The van der Waals surface area contributed by atoms with Gasteiger partial charge in [0.15, 0.2) is 0 Å². The number of benzene rings is 2. The highest BCUT2D eigenvalue weighted by molar-refractivity contribution is 7.89. The Kier molecular flexibility index (Phi) is 15.4. The third-order valence-electron chi connectivity index (χ3n) is 7.32. The molecule has 2 atom stereocenters. The van der Waals surface area contributed by atoms with Crippen molar-refractivity contribution in [1.82, 2.24) is 25.0 Å². The Morgan fingerprint density at radius 2 is 1.40 bits per heavy atom. The number of amides is 3. The van der Waals surface area contributed by atoms with Crippen LogP contribution in [0.25, 0.3) is 0 Å². The maximum Gasteiger partial charge on any atom is 0.253 e. The summed E-state index contributed by atoms with van der Waals surface area (Å²) in [5.41, 5.74) is 2.73. The van der Waals surface area contributed by atoms with Crippen molar-refractivity contribution in [2.75, 3.05) is 40.3 Å². The summed E-state index contributed by atoms with van der Waals surface area (Å²) < 4.78 is 55.5. The van der Waals surface area contributed by atoms with E-state index in [1.807, 2.05) is 20.8 Å². The molecule has 0 saturated carbocycles. The van der Waals surface area contributed by atoms with Gasteiger partial charge in [-0.2, -0.15) is 0 Å². The van der Waals surface area contributed by atoms with Crippen molar-refractivity contribution in [1.29, 1.82) is 0 Å². The summed E-state index contributed by atoms with van der Waals surface area (Å²) in [7, 11) is -1.42. The quantitative estimate of drug-likeness (QED) is 0.205. The van der Waals surface area contributed by atoms with Gasteiger partial charge in [0.05, 0.1) is 17.0 Å². The molecule has 0 aromatic heterocycles. The van der Waals surface area contributed by atoms with Gasteiger partial charge in [-0.3, -0.25) is 19.8 Å². The topological polar surface area (TPSA) is 139 Å². The van der Waals surface area contributed by atoms with E-state index in [0.717, 1.165) is 22.5 Å². The Bertz CT molecular complexity index is 1460. The minimum atomic E-state index is -4.08. The summed E-state index contributed by atoms with van der Waals surface area (Å²) in [5.74, 6) is -3.57. The molecule has 2 rings (SSSR count). The number of nitrogens with zero attached hydrogens (tertiary/aromatic N) is 3. The summed E-state index contributed by atoms with van der Waals surface area (Å²) in [6, 6.07) is 5.38. The number of rotatable bonds is 18. The van der Waals surface area contributed by atoms with Crippen LogP contribution in [0.3, 0.4) is 0 Å². The molecular formula is C33H49F2N5O6S. The Hall–Kier alpha value is -3.46. The molecule has 0 spiro atoms. The molecule has 2 unspecified atom stereocenters. The first-order valence-corrected chi connectivity index (χ1v) is 17.3. The van der Waals surface area contributed by atoms with E-state index >= 15 is 0 Å². The maximum atomic E-state index is 14.1. The standard InChI is InChI=1S/C33H49F2N5O6S/c1-8-11-39(12-9-2)33(44)25-17-24(18-28(19-25)47(45,46)38(6)7)32(43)36-29(16-23-14-26(34)20-27(35)15-23)30(41)21-40(13-10-3)37-31(42)22(4)5/h14-15,17-20,22,29-30,41H,8-13,16,21H2,1-7H3,(H,36,43)(H,37,42). The Morgan fingerprint density at radius 1 is 0.851 bits per heavy atom. The predicted molar refractivity (Wildman–Crippen MR) is 176 cm³/mol. The monoisotopic (exact) mass is 681 g/mol. The minimum Gasteiger partial charge on any atom is -0.390 e. The van der Waals surface area contributed by atoms with Crippen molar-refractivity contribution in [3.8, 4) is 0 Å². The Balaban J connectivity index is 2.59. The van der Waals surface area contributed by atoms with Gasteiger partial charge in [0, 0.05) is 63.4 Å². The lowest BCUT2D eigenvalue weighted by molar-refractivity contribution is -0.129. The lowest BCUT2D eigenvalue weighted by Crippen LogP contribution is -2.54. The van der Waals surface area contributed by atoms with Gasteiger partial charge in [-0.15, -0.1) is 0 Å². The van der Waals surface area contributed by atoms with E-state index in [1.54, 1.807) is 18.7 Å². The van der Waals surface area contributed by atoms with E-state index in [-0.39, 0.29) is 46.4 Å². The van der Waals surface area contributed by atoms with Gasteiger partial charge in [-0.1, -0.05) is 34.6 Å². The molecule has 3 N–H and O–H groups in total. The van der Waals surface area contributed by atoms with Crippen molar-refractivity contribution in [2.45, 2.75) is 77.3 Å². The van der Waals surface area contributed by atoms with Crippen molar-refractivity contribution >= 4 is 27.7 Å². The summed E-state index contributed by atoms with van der Waals surface area (Å²) >= 11 is 0. The highest BCUT2D eigenvalue weighted by Gasteiger charge is 2.28. The second-order valence-electron chi connectivity index (χ2n) is 12.0. The number of hydrazine groups is 1. The van der Waals surface area contributed by atoms with Crippen molar-refractivity contribution in [3.63, 3.8) is 0 Å². The average molecular weight is 682 g/mol. The molecule has 2 aromatic rings. The number of carbonyl (C=O) groups is 3. The van der Waals surface area contributed by atoms with Crippen LogP contribution in [-0.4, -0.2) is 97.9 Å². The number of aliphatic hydroxyl groups is 1. The first kappa shape index (κ1) is 39.7. The zero-order chi connectivity index (χ0) is 35.5. The van der Waals surface area contributed by atoms with Crippen LogP contribution < -0.4 is 10.7 Å². The second kappa shape index (κ2) is 18.2. The third-order valence-corrected chi connectivity index (χ3v) is 9.11. The molecule has 0 aliphatic carbocycles. The third kappa shape index (κ3) is 11.6. The molecule has 0 radical (unpaired) electrons. The summed E-state index contributed by atoms with van der Waals surface area (Å²) in [4.78, 5) is 41.1. The average Bonchev–Trinajstić information content (AvgIpc) is 2.99. The van der Waals surface area contributed by atoms with Gasteiger partial charge in [-0.25, -0.2) is 26.5 Å². The SMILES string of the molecule is CCCN(CC(O)C(Cc1cc(F)cc(F)c1)NC(=O)c1cc(C(=O)N(CCC)CCC)cc(S(=O)(=O)N(C)C)c1)NC(=O)C(C)C. The molecule has 0 heterocycles. The van der Waals surface area contributed by atoms with E-state index in [2.05, 4.69) is 10.7 Å². The molecule has 47 heavy (non-hydrogen) atoms. The number of aliphatic hydroxyl groups excluding tert-OH is 1. The number of hydrogen-bond acceptors (Lipinski definition) is 7. The van der Waals surface area contributed by atoms with Crippen LogP contribution in [0.1, 0.15) is 80.2 Å². The van der Waals surface area contributed by atoms with E-state index in [1.165, 1.54) is 31.2 Å². The first-order chi connectivity index (χ1) is 22.0. The van der Waals surface area contributed by atoms with Gasteiger partial charge in [-0.05, 0) is 61.6 Å². The molecule has 0 fully saturated rings. The molecule has 3 amide bonds. The number of nitrogens with one attached hydrogen (secondary N) is 2. The molecule has 11 nitrogen and oxygen atoms in total. The predicted octanol–water partition coefficient (Wildman–Crippen LogP) is 3.58. The Labute approximate surface area is 277 Å². The second-order valence-corrected chi connectivity index (χ2v) is 14.2. The van der Waals surface area contributed by atoms with Crippen LogP contribution in [0.2, 0.25) is 0 Å². The summed E-state index contributed by atoms with van der Waals surface area (Å²) in [6.45, 7) is 10.2. The molecule has 0 saturated heterocycles. The van der Waals surface area contributed by atoms with E-state index in [4.69, 9.17) is 0 Å². The van der Waals surface area contributed by atoms with Gasteiger partial charge in [0.2, 0.25) is 15.9 Å². The number of sulfonamides is 1. The van der Waals surface area contributed by atoms with Gasteiger partial charge in [0.1, 0.15) is 11.6 Å². The van der Waals surface area contributed by atoms with Crippen LogP contribution in [-0.2, 0) is 21.2 Å². The highest BCUT2D eigenvalue weighted by Crippen LogP contribution is 2.21. The molecule has 14 heteroatoms. The molecule has 262 valence electrons. The van der Waals surface area contributed by atoms with Crippen molar-refractivity contribution in [2.24, 2.45) is 5.92 Å². The summed E-state index contributed by atoms with van der Waals surface area (Å²) in [5, 5.41) is 15.6. The van der Waals surface area contributed by atoms with Crippen LogP contribution in [0.15, 0.2) is 41.3 Å². The lowest BCUT2D eigenvalue weighted by atomic mass is 9.99. The molecule has 0 bridgehead atoms. The van der Waals surface area contributed by atoms with Gasteiger partial charge in [0.25, 0.3) is 11.8 Å². The van der Waals surface area contributed by atoms with E-state index < -0.39 is 45.6 Å². The fourth-order valence-corrected chi connectivity index (χ4v) is 5.84. The highest BCUT2D eigenvalue weighted by atomic mass is 32.2. The van der Waals surface area contributed by atoms with Crippen molar-refractivity contribution in [3.05, 3.63) is 64.7 Å². The molecule has 2 aromatic carbocycles. The van der Waals surface area contributed by atoms with E-state index in [0.29, 0.717) is 45.0 Å². The van der Waals surface area contributed by atoms with Gasteiger partial charge >= 0.3 is 0 Å². The Morgan fingerprint density at radius 3 is 1.91 bits per heavy atom. The van der Waals surface area contributed by atoms with Crippen molar-refractivity contribution < 1.29 is 36.7 Å². The fourth-order valence-electron chi connectivity index (χ4n) is 4.87. The zero-order valence-corrected chi connectivity index (χ0v) is 29.2. The normalized spacial score (nSPS) is 13.1. The van der Waals surface area contributed by atoms with Crippen LogP contribution in [0.5, 0.6) is 0 Å². The van der Waals surface area contributed by atoms with Gasteiger partial charge < -0.3 is 15.3 Å². The molecule has 0 aliphatic rings. The fraction of sp³-hybridized carbons (Fsp3) is 0.545. The lowest BCUT2D eigenvalue weighted by Gasteiger charge is -2.31. The number of halogens is 2. The first-order valence-electron chi connectivity index (χ1n) is 15.9. The van der Waals surface area contributed by atoms with E-state index in [9.17, 15) is 36.7 Å². The molecule has 0 aliphatic heterocycles. The number of carbonyl (C=O) groups excluding carboxylic acids is 3. The van der Waals surface area contributed by atoms with Crippen LogP contribution >= 0.6 is 0 Å². The zero-order valence-electron chi connectivity index (χ0n) is 28.3. The van der Waals surface area contributed by atoms with Crippen LogP contribution in [0, 0.1) is 17.6 Å². The van der Waals surface area contributed by atoms with Crippen LogP contribution in [0.4, 0.5) is 8.78 Å². The summed E-state index contributed by atoms with van der Waals surface area (Å²) in [6.07, 6.45) is 0.392. The largest absolute Gasteiger partial charge is 0.390 e. The number of hydrogen-bond donors (Lipinski definition) is 3. The smallest absolute Gasteiger partial charge is 0.253 e. The minimum absolute atomic E-state index is 0.00482. The molecular weight excluding hydrogens is 632 g/mol.